The molecule has 5 N–H and O–H groups in total. The lowest BCUT2D eigenvalue weighted by atomic mass is 10.0. The zero-order valence-electron chi connectivity index (χ0n) is 26.4. The fourth-order valence-corrected chi connectivity index (χ4v) is 4.10. The summed E-state index contributed by atoms with van der Waals surface area (Å²) in [7, 11) is 1.30. The van der Waals surface area contributed by atoms with Crippen LogP contribution in [0.5, 0.6) is 5.75 Å². The van der Waals surface area contributed by atoms with Crippen molar-refractivity contribution in [1.29, 1.82) is 0 Å². The predicted molar refractivity (Wildman–Crippen MR) is 164 cm³/mol. The number of ether oxygens (including phenoxy) is 3. The number of carbonyl (C=O) groups is 4. The van der Waals surface area contributed by atoms with Gasteiger partial charge in [0.15, 0.2) is 11.8 Å². The molecule has 0 spiro atoms. The summed E-state index contributed by atoms with van der Waals surface area (Å²) in [5.74, 6) is -3.23. The van der Waals surface area contributed by atoms with E-state index >= 15 is 0 Å². The zero-order chi connectivity index (χ0) is 33.2. The SMILES string of the molecule is COc1c(NCCCC[C@H](NC(=O)[C@H](Cc2ccccc2)NC(=O)C(N)C(=O)OC(C)(C)C)C(=O)OC(C)(C)C)c(=O)c1=O. The van der Waals surface area contributed by atoms with E-state index in [0.717, 1.165) is 0 Å². The van der Waals surface area contributed by atoms with Crippen LogP contribution in [-0.2, 0) is 35.1 Å². The molecular weight excluding hydrogens is 572 g/mol. The first-order valence-electron chi connectivity index (χ1n) is 14.4. The standard InChI is InChI=1S/C31H44N4O9/c1-30(2,3)43-28(40)19(15-11-12-16-33-22-23(36)24(37)25(22)42-7)34-26(38)20(17-18-13-9-8-10-14-18)35-27(39)21(32)29(41)44-31(4,5)6/h8-10,13-14,19-21,33H,11-12,15-17,32H2,1-7H3,(H,34,38)(H,35,39)/t19-,20-,21?/m0/s1. The largest absolute Gasteiger partial charge is 0.491 e. The summed E-state index contributed by atoms with van der Waals surface area (Å²) in [6, 6.07) is 4.94. The number of amides is 2. The summed E-state index contributed by atoms with van der Waals surface area (Å²) in [6.45, 7) is 10.3. The number of esters is 2. The van der Waals surface area contributed by atoms with Crippen LogP contribution in [0.1, 0.15) is 66.4 Å². The van der Waals surface area contributed by atoms with Crippen molar-refractivity contribution in [2.75, 3.05) is 19.0 Å². The first kappa shape index (κ1) is 35.9. The van der Waals surface area contributed by atoms with Crippen molar-refractivity contribution in [3.05, 3.63) is 56.3 Å². The monoisotopic (exact) mass is 616 g/mol. The minimum atomic E-state index is -1.68. The molecule has 13 heteroatoms. The molecule has 2 aromatic carbocycles. The Bertz CT molecular complexity index is 1370. The predicted octanol–water partition coefficient (Wildman–Crippen LogP) is 1.10. The summed E-state index contributed by atoms with van der Waals surface area (Å²) >= 11 is 0. The van der Waals surface area contributed by atoms with Gasteiger partial charge >= 0.3 is 11.9 Å². The Morgan fingerprint density at radius 1 is 0.795 bits per heavy atom. The van der Waals surface area contributed by atoms with Crippen molar-refractivity contribution in [3.8, 4) is 5.75 Å². The summed E-state index contributed by atoms with van der Waals surface area (Å²) in [5, 5.41) is 8.08. The molecule has 0 aliphatic heterocycles. The van der Waals surface area contributed by atoms with Crippen LogP contribution in [-0.4, -0.2) is 66.7 Å². The average molecular weight is 617 g/mol. The van der Waals surface area contributed by atoms with Gasteiger partial charge in [-0.1, -0.05) is 30.3 Å². The number of unbranched alkanes of at least 4 members (excludes halogenated alkanes) is 1. The Labute approximate surface area is 256 Å². The van der Waals surface area contributed by atoms with Crippen molar-refractivity contribution < 1.29 is 33.4 Å². The van der Waals surface area contributed by atoms with Crippen molar-refractivity contribution in [2.24, 2.45) is 5.73 Å². The van der Waals surface area contributed by atoms with Gasteiger partial charge in [-0.2, -0.15) is 0 Å². The number of hydrogen-bond donors (Lipinski definition) is 4. The number of anilines is 1. The number of carbonyl (C=O) groups excluding carboxylic acids is 4. The molecule has 0 heterocycles. The maximum atomic E-state index is 13.6. The van der Waals surface area contributed by atoms with Gasteiger partial charge in [-0.25, -0.2) is 9.59 Å². The molecule has 0 fully saturated rings. The third-order valence-corrected chi connectivity index (χ3v) is 6.16. The highest BCUT2D eigenvalue weighted by Crippen LogP contribution is 2.17. The van der Waals surface area contributed by atoms with E-state index in [-0.39, 0.29) is 24.3 Å². The summed E-state index contributed by atoms with van der Waals surface area (Å²) < 4.78 is 15.6. The van der Waals surface area contributed by atoms with Gasteiger partial charge in [0.2, 0.25) is 11.8 Å². The minimum Gasteiger partial charge on any atom is -0.491 e. The lowest BCUT2D eigenvalue weighted by Crippen LogP contribution is -2.57. The van der Waals surface area contributed by atoms with E-state index < -0.39 is 63.9 Å². The molecule has 2 aromatic rings. The highest BCUT2D eigenvalue weighted by Gasteiger charge is 2.33. The molecule has 3 atom stereocenters. The van der Waals surface area contributed by atoms with Crippen LogP contribution in [0.15, 0.2) is 39.9 Å². The maximum Gasteiger partial charge on any atom is 0.333 e. The third kappa shape index (κ3) is 11.1. The first-order valence-corrected chi connectivity index (χ1v) is 14.4. The molecule has 0 aromatic heterocycles. The molecule has 44 heavy (non-hydrogen) atoms. The number of nitrogens with one attached hydrogen (secondary N) is 3. The number of hydrogen-bond acceptors (Lipinski definition) is 11. The van der Waals surface area contributed by atoms with E-state index in [1.807, 2.05) is 0 Å². The van der Waals surface area contributed by atoms with Gasteiger partial charge in [0.1, 0.15) is 29.0 Å². The fraction of sp³-hybridized carbons (Fsp3) is 0.548. The summed E-state index contributed by atoms with van der Waals surface area (Å²) in [5.41, 5.74) is 3.62. The topological polar surface area (TPSA) is 192 Å². The van der Waals surface area contributed by atoms with Gasteiger partial charge in [0, 0.05) is 13.0 Å². The first-order chi connectivity index (χ1) is 20.4. The number of methoxy groups -OCH3 is 1. The molecule has 0 radical (unpaired) electrons. The number of benzene rings is 1. The normalized spacial score (nSPS) is 13.7. The summed E-state index contributed by atoms with van der Waals surface area (Å²) in [4.78, 5) is 75.2. The second-order valence-corrected chi connectivity index (χ2v) is 12.3. The van der Waals surface area contributed by atoms with Crippen molar-refractivity contribution in [2.45, 2.75) is 96.6 Å². The minimum absolute atomic E-state index is 0.0215. The van der Waals surface area contributed by atoms with Gasteiger partial charge in [-0.05, 0) is 66.4 Å². The second-order valence-electron chi connectivity index (χ2n) is 12.3. The highest BCUT2D eigenvalue weighted by atomic mass is 16.6. The van der Waals surface area contributed by atoms with Crippen molar-refractivity contribution in [3.63, 3.8) is 0 Å². The fourth-order valence-electron chi connectivity index (χ4n) is 4.10. The van der Waals surface area contributed by atoms with Gasteiger partial charge in [-0.15, -0.1) is 0 Å². The van der Waals surface area contributed by atoms with E-state index in [4.69, 9.17) is 19.9 Å². The molecule has 13 nitrogen and oxygen atoms in total. The summed E-state index contributed by atoms with van der Waals surface area (Å²) in [6.07, 6.45) is 1.13. The van der Waals surface area contributed by atoms with E-state index in [1.165, 1.54) is 7.11 Å². The molecule has 0 aliphatic carbocycles. The van der Waals surface area contributed by atoms with Crippen LogP contribution >= 0.6 is 0 Å². The second kappa shape index (κ2) is 15.5. The van der Waals surface area contributed by atoms with Gasteiger partial charge in [-0.3, -0.25) is 19.2 Å². The highest BCUT2D eigenvalue weighted by molar-refractivity contribution is 6.03. The average Bonchev–Trinajstić information content (AvgIpc) is 2.93. The Kier molecular flexibility index (Phi) is 12.6. The Morgan fingerprint density at radius 3 is 1.93 bits per heavy atom. The zero-order valence-corrected chi connectivity index (χ0v) is 26.4. The molecule has 2 amide bonds. The lowest BCUT2D eigenvalue weighted by molar-refractivity contribution is -0.159. The van der Waals surface area contributed by atoms with Crippen molar-refractivity contribution in [1.82, 2.24) is 10.6 Å². The van der Waals surface area contributed by atoms with Crippen LogP contribution in [0.25, 0.3) is 0 Å². The Balaban J connectivity index is 2.16. The van der Waals surface area contributed by atoms with E-state index in [9.17, 15) is 28.8 Å². The Morgan fingerprint density at radius 2 is 1.36 bits per heavy atom. The van der Waals surface area contributed by atoms with Crippen LogP contribution in [0.3, 0.4) is 0 Å². The quantitative estimate of drug-likeness (QED) is 0.0969. The lowest BCUT2D eigenvalue weighted by Gasteiger charge is -2.27. The third-order valence-electron chi connectivity index (χ3n) is 6.16. The molecule has 242 valence electrons. The molecule has 0 bridgehead atoms. The molecule has 2 rings (SSSR count). The molecule has 0 saturated carbocycles. The smallest absolute Gasteiger partial charge is 0.333 e. The maximum absolute atomic E-state index is 13.6. The van der Waals surface area contributed by atoms with E-state index in [1.54, 1.807) is 71.9 Å². The van der Waals surface area contributed by atoms with Gasteiger partial charge < -0.3 is 35.9 Å². The Hall–Kier alpha value is -4.26. The van der Waals surface area contributed by atoms with E-state index in [2.05, 4.69) is 16.0 Å². The van der Waals surface area contributed by atoms with Crippen molar-refractivity contribution >= 4 is 29.4 Å². The van der Waals surface area contributed by atoms with E-state index in [0.29, 0.717) is 24.9 Å². The molecule has 0 aliphatic rings. The van der Waals surface area contributed by atoms with Crippen LogP contribution in [0.2, 0.25) is 0 Å². The van der Waals surface area contributed by atoms with Crippen LogP contribution < -0.4 is 37.3 Å². The van der Waals surface area contributed by atoms with Gasteiger partial charge in [0.05, 0.1) is 7.11 Å². The molecular formula is C31H44N4O9. The molecule has 0 saturated heterocycles. The van der Waals surface area contributed by atoms with Crippen LogP contribution in [0.4, 0.5) is 5.69 Å². The number of nitrogens with two attached hydrogens (primary N) is 1. The number of rotatable bonds is 15. The van der Waals surface area contributed by atoms with Crippen LogP contribution in [0, 0.1) is 0 Å². The van der Waals surface area contributed by atoms with Gasteiger partial charge in [0.25, 0.3) is 10.9 Å². The molecule has 1 unspecified atom stereocenters.